The van der Waals surface area contributed by atoms with Crippen molar-refractivity contribution in [2.24, 2.45) is 5.73 Å². The summed E-state index contributed by atoms with van der Waals surface area (Å²) in [4.78, 5) is 11.7. The minimum Gasteiger partial charge on any atom is -0.507 e. The molecule has 0 saturated carbocycles. The van der Waals surface area contributed by atoms with E-state index in [1.807, 2.05) is 6.92 Å². The topological polar surface area (TPSA) is 75.4 Å². The molecule has 0 saturated heterocycles. The molecule has 0 atom stereocenters. The predicted octanol–water partition coefficient (Wildman–Crippen LogP) is 2.07. The summed E-state index contributed by atoms with van der Waals surface area (Å²) in [6, 6.07) is 3.55. The smallest absolute Gasteiger partial charge is 0.226 e. The van der Waals surface area contributed by atoms with Gasteiger partial charge in [-0.2, -0.15) is 0 Å². The number of amides is 1. The first-order valence-electron chi connectivity index (χ1n) is 5.58. The van der Waals surface area contributed by atoms with Gasteiger partial charge in [-0.25, -0.2) is 0 Å². The molecule has 0 aliphatic heterocycles. The van der Waals surface area contributed by atoms with E-state index in [1.54, 1.807) is 32.9 Å². The SMILES string of the molecule is Cc1ccc(NC(=O)CC(C)(C)N)c(C)c1O. The highest BCUT2D eigenvalue weighted by Gasteiger charge is 2.17. The van der Waals surface area contributed by atoms with E-state index >= 15 is 0 Å². The van der Waals surface area contributed by atoms with E-state index in [0.29, 0.717) is 11.3 Å². The summed E-state index contributed by atoms with van der Waals surface area (Å²) in [5.41, 5.74) is 7.33. The molecule has 4 N–H and O–H groups in total. The summed E-state index contributed by atoms with van der Waals surface area (Å²) >= 11 is 0. The van der Waals surface area contributed by atoms with Gasteiger partial charge < -0.3 is 16.2 Å². The van der Waals surface area contributed by atoms with Crippen LogP contribution in [-0.2, 0) is 4.79 Å². The number of nitrogens with two attached hydrogens (primary N) is 1. The molecule has 4 heteroatoms. The van der Waals surface area contributed by atoms with E-state index in [9.17, 15) is 9.90 Å². The van der Waals surface area contributed by atoms with Crippen LogP contribution in [0, 0.1) is 13.8 Å². The van der Waals surface area contributed by atoms with Gasteiger partial charge in [-0.3, -0.25) is 4.79 Å². The average molecular weight is 236 g/mol. The Morgan fingerprint density at radius 3 is 2.53 bits per heavy atom. The lowest BCUT2D eigenvalue weighted by atomic mass is 10.0. The standard InChI is InChI=1S/C13H20N2O2/c1-8-5-6-10(9(2)12(8)17)15-11(16)7-13(3,4)14/h5-6,17H,7,14H2,1-4H3,(H,15,16). The molecule has 1 aromatic carbocycles. The maximum absolute atomic E-state index is 11.7. The highest BCUT2D eigenvalue weighted by atomic mass is 16.3. The molecule has 0 aliphatic rings. The van der Waals surface area contributed by atoms with Crippen LogP contribution in [0.25, 0.3) is 0 Å². The van der Waals surface area contributed by atoms with E-state index in [1.165, 1.54) is 0 Å². The van der Waals surface area contributed by atoms with Crippen molar-refractivity contribution in [1.82, 2.24) is 0 Å². The third-order valence-corrected chi connectivity index (χ3v) is 2.52. The van der Waals surface area contributed by atoms with Gasteiger partial charge in [-0.15, -0.1) is 0 Å². The van der Waals surface area contributed by atoms with Crippen molar-refractivity contribution in [2.75, 3.05) is 5.32 Å². The fraction of sp³-hybridized carbons (Fsp3) is 0.462. The number of benzene rings is 1. The summed E-state index contributed by atoms with van der Waals surface area (Å²) in [6.45, 7) is 7.18. The van der Waals surface area contributed by atoms with Crippen LogP contribution in [0.4, 0.5) is 5.69 Å². The third-order valence-electron chi connectivity index (χ3n) is 2.52. The number of aromatic hydroxyl groups is 1. The molecule has 0 unspecified atom stereocenters. The second kappa shape index (κ2) is 4.75. The molecular formula is C13H20N2O2. The number of hydrogen-bond donors (Lipinski definition) is 3. The molecule has 4 nitrogen and oxygen atoms in total. The van der Waals surface area contributed by atoms with Gasteiger partial charge in [-0.05, 0) is 39.3 Å². The molecule has 17 heavy (non-hydrogen) atoms. The predicted molar refractivity (Wildman–Crippen MR) is 69.1 cm³/mol. The maximum Gasteiger partial charge on any atom is 0.226 e. The quantitative estimate of drug-likeness (QED) is 0.752. The second-order valence-electron chi connectivity index (χ2n) is 5.12. The number of aryl methyl sites for hydroxylation is 1. The molecule has 0 fully saturated rings. The minimum atomic E-state index is -0.537. The van der Waals surface area contributed by atoms with Crippen molar-refractivity contribution >= 4 is 11.6 Å². The molecule has 1 aromatic rings. The summed E-state index contributed by atoms with van der Waals surface area (Å²) in [5, 5.41) is 12.5. The maximum atomic E-state index is 11.7. The summed E-state index contributed by atoms with van der Waals surface area (Å²) in [6.07, 6.45) is 0.237. The lowest BCUT2D eigenvalue weighted by Gasteiger charge is -2.18. The molecule has 1 rings (SSSR count). The highest BCUT2D eigenvalue weighted by Crippen LogP contribution is 2.28. The van der Waals surface area contributed by atoms with E-state index < -0.39 is 5.54 Å². The number of rotatable bonds is 3. The monoisotopic (exact) mass is 236 g/mol. The van der Waals surface area contributed by atoms with Gasteiger partial charge in [0, 0.05) is 23.2 Å². The molecule has 0 radical (unpaired) electrons. The van der Waals surface area contributed by atoms with Crippen LogP contribution in [0.3, 0.4) is 0 Å². The van der Waals surface area contributed by atoms with Crippen LogP contribution in [0.2, 0.25) is 0 Å². The molecule has 0 spiro atoms. The first-order chi connectivity index (χ1) is 7.70. The van der Waals surface area contributed by atoms with Gasteiger partial charge in [0.25, 0.3) is 0 Å². The van der Waals surface area contributed by atoms with Crippen molar-refractivity contribution in [1.29, 1.82) is 0 Å². The van der Waals surface area contributed by atoms with Crippen molar-refractivity contribution in [3.63, 3.8) is 0 Å². The Balaban J connectivity index is 2.83. The van der Waals surface area contributed by atoms with Crippen LogP contribution < -0.4 is 11.1 Å². The number of hydrogen-bond acceptors (Lipinski definition) is 3. The molecule has 0 bridgehead atoms. The molecule has 1 amide bonds. The highest BCUT2D eigenvalue weighted by molar-refractivity contribution is 5.92. The van der Waals surface area contributed by atoms with Crippen molar-refractivity contribution < 1.29 is 9.90 Å². The first-order valence-corrected chi connectivity index (χ1v) is 5.58. The summed E-state index contributed by atoms with van der Waals surface area (Å²) in [7, 11) is 0. The average Bonchev–Trinajstić information content (AvgIpc) is 2.16. The van der Waals surface area contributed by atoms with E-state index in [-0.39, 0.29) is 18.1 Å². The fourth-order valence-corrected chi connectivity index (χ4v) is 1.58. The second-order valence-corrected chi connectivity index (χ2v) is 5.12. The van der Waals surface area contributed by atoms with E-state index in [0.717, 1.165) is 5.56 Å². The van der Waals surface area contributed by atoms with Crippen LogP contribution in [-0.4, -0.2) is 16.6 Å². The van der Waals surface area contributed by atoms with Crippen LogP contribution >= 0.6 is 0 Å². The number of carbonyl (C=O) groups is 1. The Hall–Kier alpha value is -1.55. The largest absolute Gasteiger partial charge is 0.507 e. The van der Waals surface area contributed by atoms with Gasteiger partial charge in [0.1, 0.15) is 5.75 Å². The minimum absolute atomic E-state index is 0.149. The Bertz CT molecular complexity index is 434. The number of phenols is 1. The van der Waals surface area contributed by atoms with Gasteiger partial charge in [0.15, 0.2) is 0 Å². The normalized spacial score (nSPS) is 11.4. The number of anilines is 1. The molecule has 0 aliphatic carbocycles. The molecule has 0 heterocycles. The fourth-order valence-electron chi connectivity index (χ4n) is 1.58. The number of nitrogens with one attached hydrogen (secondary N) is 1. The zero-order valence-electron chi connectivity index (χ0n) is 10.8. The van der Waals surface area contributed by atoms with Gasteiger partial charge in [0.05, 0.1) is 0 Å². The van der Waals surface area contributed by atoms with Crippen molar-refractivity contribution in [2.45, 2.75) is 39.7 Å². The van der Waals surface area contributed by atoms with Gasteiger partial charge >= 0.3 is 0 Å². The molecular weight excluding hydrogens is 216 g/mol. The first kappa shape index (κ1) is 13.5. The van der Waals surface area contributed by atoms with Crippen LogP contribution in [0.1, 0.15) is 31.4 Å². The number of phenolic OH excluding ortho intramolecular Hbond substituents is 1. The zero-order chi connectivity index (χ0) is 13.2. The van der Waals surface area contributed by atoms with E-state index in [2.05, 4.69) is 5.32 Å². The molecule has 94 valence electrons. The summed E-state index contributed by atoms with van der Waals surface area (Å²) in [5.74, 6) is 0.0682. The van der Waals surface area contributed by atoms with Crippen molar-refractivity contribution in [3.8, 4) is 5.75 Å². The lowest BCUT2D eigenvalue weighted by Crippen LogP contribution is -2.36. The van der Waals surface area contributed by atoms with Crippen LogP contribution in [0.15, 0.2) is 12.1 Å². The summed E-state index contributed by atoms with van der Waals surface area (Å²) < 4.78 is 0. The Morgan fingerprint density at radius 2 is 2.00 bits per heavy atom. The molecule has 0 aromatic heterocycles. The van der Waals surface area contributed by atoms with E-state index in [4.69, 9.17) is 5.73 Å². The zero-order valence-corrected chi connectivity index (χ0v) is 10.8. The van der Waals surface area contributed by atoms with Crippen LogP contribution in [0.5, 0.6) is 5.75 Å². The van der Waals surface area contributed by atoms with Gasteiger partial charge in [0.2, 0.25) is 5.91 Å². The number of carbonyl (C=O) groups excluding carboxylic acids is 1. The Kier molecular flexibility index (Phi) is 3.78. The van der Waals surface area contributed by atoms with Gasteiger partial charge in [-0.1, -0.05) is 6.07 Å². The third kappa shape index (κ3) is 3.75. The Labute approximate surface area is 102 Å². The Morgan fingerprint density at radius 1 is 1.41 bits per heavy atom. The lowest BCUT2D eigenvalue weighted by molar-refractivity contribution is -0.117. The van der Waals surface area contributed by atoms with Crippen molar-refractivity contribution in [3.05, 3.63) is 23.3 Å².